The highest BCUT2D eigenvalue weighted by Gasteiger charge is 2.22. The van der Waals surface area contributed by atoms with Crippen LogP contribution in [0.15, 0.2) is 24.3 Å². The summed E-state index contributed by atoms with van der Waals surface area (Å²) in [5.41, 5.74) is 5.65. The lowest BCUT2D eigenvalue weighted by Crippen LogP contribution is -2.20. The predicted molar refractivity (Wildman–Crippen MR) is 89.5 cm³/mol. The molecule has 5 nitrogen and oxygen atoms in total. The van der Waals surface area contributed by atoms with E-state index in [1.165, 1.54) is 25.7 Å². The number of carboxylic acid groups (broad SMARTS) is 1. The zero-order chi connectivity index (χ0) is 17.1. The molecule has 0 aliphatic carbocycles. The van der Waals surface area contributed by atoms with E-state index in [0.29, 0.717) is 17.9 Å². The molecule has 0 aromatic heterocycles. The summed E-state index contributed by atoms with van der Waals surface area (Å²) in [5, 5.41) is 9.17. The monoisotopic (exact) mass is 321 g/mol. The number of hydrogen-bond donors (Lipinski definition) is 2. The van der Waals surface area contributed by atoms with Crippen molar-refractivity contribution < 1.29 is 19.4 Å². The minimum Gasteiger partial charge on any atom is -0.494 e. The highest BCUT2D eigenvalue weighted by Crippen LogP contribution is 2.23. The summed E-state index contributed by atoms with van der Waals surface area (Å²) in [4.78, 5) is 22.2. The Balaban J connectivity index is 2.40. The summed E-state index contributed by atoms with van der Waals surface area (Å²) >= 11 is 0. The van der Waals surface area contributed by atoms with Crippen molar-refractivity contribution in [3.05, 3.63) is 29.8 Å². The summed E-state index contributed by atoms with van der Waals surface area (Å²) in [6.07, 6.45) is 7.04. The van der Waals surface area contributed by atoms with Crippen molar-refractivity contribution in [3.8, 4) is 5.75 Å². The molecule has 23 heavy (non-hydrogen) atoms. The van der Waals surface area contributed by atoms with E-state index in [-0.39, 0.29) is 6.42 Å². The Morgan fingerprint density at radius 3 is 2.26 bits per heavy atom. The van der Waals surface area contributed by atoms with Crippen molar-refractivity contribution in [3.63, 3.8) is 0 Å². The molecule has 0 radical (unpaired) electrons. The molecular weight excluding hydrogens is 294 g/mol. The Morgan fingerprint density at radius 2 is 1.70 bits per heavy atom. The highest BCUT2D eigenvalue weighted by atomic mass is 16.5. The van der Waals surface area contributed by atoms with Gasteiger partial charge < -0.3 is 15.6 Å². The first kappa shape index (κ1) is 19.0. The Kier molecular flexibility index (Phi) is 8.80. The number of benzene rings is 1. The van der Waals surface area contributed by atoms with Gasteiger partial charge >= 0.3 is 5.97 Å². The van der Waals surface area contributed by atoms with Crippen LogP contribution in [0.1, 0.15) is 63.4 Å². The van der Waals surface area contributed by atoms with Crippen molar-refractivity contribution in [2.75, 3.05) is 6.61 Å². The van der Waals surface area contributed by atoms with Crippen LogP contribution < -0.4 is 10.5 Å². The molecule has 1 amide bonds. The van der Waals surface area contributed by atoms with Gasteiger partial charge in [0.2, 0.25) is 5.91 Å². The Morgan fingerprint density at radius 1 is 1.09 bits per heavy atom. The summed E-state index contributed by atoms with van der Waals surface area (Å²) in [7, 11) is 0. The SMILES string of the molecule is CCCCCCCCOc1ccc(C(CC(N)=O)C(=O)O)cc1. The molecule has 1 atom stereocenters. The Bertz CT molecular complexity index is 484. The third kappa shape index (κ3) is 7.68. The van der Waals surface area contributed by atoms with E-state index in [1.54, 1.807) is 24.3 Å². The molecule has 0 heterocycles. The van der Waals surface area contributed by atoms with Crippen LogP contribution in [0.3, 0.4) is 0 Å². The van der Waals surface area contributed by atoms with Crippen LogP contribution >= 0.6 is 0 Å². The first-order valence-corrected chi connectivity index (χ1v) is 8.28. The minimum atomic E-state index is -1.05. The summed E-state index contributed by atoms with van der Waals surface area (Å²) < 4.78 is 5.65. The van der Waals surface area contributed by atoms with E-state index < -0.39 is 17.8 Å². The smallest absolute Gasteiger partial charge is 0.311 e. The molecule has 128 valence electrons. The maximum Gasteiger partial charge on any atom is 0.311 e. The van der Waals surface area contributed by atoms with Crippen molar-refractivity contribution in [2.45, 2.75) is 57.8 Å². The largest absolute Gasteiger partial charge is 0.494 e. The number of aliphatic carboxylic acids is 1. The molecule has 5 heteroatoms. The van der Waals surface area contributed by atoms with Crippen molar-refractivity contribution >= 4 is 11.9 Å². The zero-order valence-electron chi connectivity index (χ0n) is 13.8. The number of carbonyl (C=O) groups excluding carboxylic acids is 1. The fourth-order valence-electron chi connectivity index (χ4n) is 2.42. The molecule has 1 aromatic rings. The van der Waals surface area contributed by atoms with Crippen LogP contribution in [0.4, 0.5) is 0 Å². The van der Waals surface area contributed by atoms with Crippen LogP contribution in [0.25, 0.3) is 0 Å². The highest BCUT2D eigenvalue weighted by molar-refractivity contribution is 5.84. The average Bonchev–Trinajstić information content (AvgIpc) is 2.52. The van der Waals surface area contributed by atoms with Gasteiger partial charge in [-0.1, -0.05) is 51.2 Å². The van der Waals surface area contributed by atoms with E-state index in [0.717, 1.165) is 12.8 Å². The number of unbranched alkanes of at least 4 members (excludes halogenated alkanes) is 5. The number of primary amides is 1. The lowest BCUT2D eigenvalue weighted by Gasteiger charge is -2.12. The molecule has 1 aromatic carbocycles. The lowest BCUT2D eigenvalue weighted by molar-refractivity contribution is -0.140. The molecule has 0 saturated heterocycles. The number of nitrogens with two attached hydrogens (primary N) is 1. The van der Waals surface area contributed by atoms with E-state index in [1.807, 2.05) is 0 Å². The number of rotatable bonds is 12. The first-order chi connectivity index (χ1) is 11.0. The van der Waals surface area contributed by atoms with Gasteiger partial charge in [0.1, 0.15) is 5.75 Å². The molecule has 0 fully saturated rings. The predicted octanol–water partition coefficient (Wildman–Crippen LogP) is 3.47. The zero-order valence-corrected chi connectivity index (χ0v) is 13.8. The number of carbonyl (C=O) groups is 2. The topological polar surface area (TPSA) is 89.6 Å². The number of amides is 1. The van der Waals surface area contributed by atoms with Crippen LogP contribution in [0.5, 0.6) is 5.75 Å². The second-order valence-corrected chi connectivity index (χ2v) is 5.75. The van der Waals surface area contributed by atoms with Crippen LogP contribution in [0.2, 0.25) is 0 Å². The van der Waals surface area contributed by atoms with Gasteiger partial charge in [-0.25, -0.2) is 0 Å². The van der Waals surface area contributed by atoms with Gasteiger partial charge in [0.15, 0.2) is 0 Å². The first-order valence-electron chi connectivity index (χ1n) is 8.28. The van der Waals surface area contributed by atoms with E-state index in [9.17, 15) is 9.59 Å². The number of hydrogen-bond acceptors (Lipinski definition) is 3. The van der Waals surface area contributed by atoms with Gasteiger partial charge in [0, 0.05) is 6.42 Å². The maximum absolute atomic E-state index is 11.2. The fraction of sp³-hybridized carbons (Fsp3) is 0.556. The van der Waals surface area contributed by atoms with Gasteiger partial charge in [-0.3, -0.25) is 9.59 Å². The standard InChI is InChI=1S/C18H27NO4/c1-2-3-4-5-6-7-12-23-15-10-8-14(9-11-15)16(18(21)22)13-17(19)20/h8-11,16H,2-7,12-13H2,1H3,(H2,19,20)(H,21,22). The fourth-order valence-corrected chi connectivity index (χ4v) is 2.42. The van der Waals surface area contributed by atoms with Crippen LogP contribution in [-0.4, -0.2) is 23.6 Å². The molecule has 0 aliphatic heterocycles. The van der Waals surface area contributed by atoms with Gasteiger partial charge in [0.05, 0.1) is 12.5 Å². The quantitative estimate of drug-likeness (QED) is 0.577. The van der Waals surface area contributed by atoms with E-state index in [2.05, 4.69) is 6.92 Å². The van der Waals surface area contributed by atoms with Crippen molar-refractivity contribution in [2.24, 2.45) is 5.73 Å². The lowest BCUT2D eigenvalue weighted by atomic mass is 9.95. The third-order valence-corrected chi connectivity index (χ3v) is 3.75. The number of ether oxygens (including phenoxy) is 1. The molecule has 0 spiro atoms. The molecule has 0 bridgehead atoms. The Labute approximate surface area is 137 Å². The molecule has 3 N–H and O–H groups in total. The number of carboxylic acids is 1. The molecule has 0 saturated carbocycles. The summed E-state index contributed by atoms with van der Waals surface area (Å²) in [6.45, 7) is 2.86. The van der Waals surface area contributed by atoms with E-state index >= 15 is 0 Å². The molecule has 1 unspecified atom stereocenters. The van der Waals surface area contributed by atoms with Gasteiger partial charge in [0.25, 0.3) is 0 Å². The molecular formula is C18H27NO4. The van der Waals surface area contributed by atoms with Crippen molar-refractivity contribution in [1.82, 2.24) is 0 Å². The van der Waals surface area contributed by atoms with Crippen molar-refractivity contribution in [1.29, 1.82) is 0 Å². The third-order valence-electron chi connectivity index (χ3n) is 3.75. The van der Waals surface area contributed by atoms with E-state index in [4.69, 9.17) is 15.6 Å². The minimum absolute atomic E-state index is 0.201. The summed E-state index contributed by atoms with van der Waals surface area (Å²) in [5.74, 6) is -1.86. The van der Waals surface area contributed by atoms with Gasteiger partial charge in [-0.05, 0) is 24.1 Å². The van der Waals surface area contributed by atoms with Gasteiger partial charge in [-0.2, -0.15) is 0 Å². The summed E-state index contributed by atoms with van der Waals surface area (Å²) in [6, 6.07) is 6.84. The second-order valence-electron chi connectivity index (χ2n) is 5.75. The maximum atomic E-state index is 11.2. The normalized spacial score (nSPS) is 11.9. The van der Waals surface area contributed by atoms with Crippen LogP contribution in [-0.2, 0) is 9.59 Å². The van der Waals surface area contributed by atoms with Crippen LogP contribution in [0, 0.1) is 0 Å². The molecule has 0 aliphatic rings. The second kappa shape index (κ2) is 10.6. The average molecular weight is 321 g/mol. The Hall–Kier alpha value is -2.04. The molecule has 1 rings (SSSR count). The van der Waals surface area contributed by atoms with Gasteiger partial charge in [-0.15, -0.1) is 0 Å².